The number of nitrogens with zero attached hydrogens (tertiary/aromatic N) is 1. The molecule has 0 aliphatic carbocycles. The summed E-state index contributed by atoms with van der Waals surface area (Å²) in [5.41, 5.74) is 2.38. The largest absolute Gasteiger partial charge is 0.227 e. The van der Waals surface area contributed by atoms with Crippen LogP contribution in [0, 0.1) is 11.3 Å². The SMILES string of the molecule is N#Cc1cccc(-c2ccc([SH](=O)=O)cc2)c1. The highest BCUT2D eigenvalue weighted by atomic mass is 32.2. The quantitative estimate of drug-likeness (QED) is 0.822. The molecule has 0 aromatic heterocycles. The molecule has 0 radical (unpaired) electrons. The summed E-state index contributed by atoms with van der Waals surface area (Å²) in [5, 5.41) is 8.80. The lowest BCUT2D eigenvalue weighted by Gasteiger charge is -2.01. The Balaban J connectivity index is 2.43. The second kappa shape index (κ2) is 4.81. The summed E-state index contributed by atoms with van der Waals surface area (Å²) in [6.45, 7) is 0. The first-order valence-corrected chi connectivity index (χ1v) is 6.13. The maximum atomic E-state index is 10.7. The molecule has 4 heteroatoms. The van der Waals surface area contributed by atoms with Gasteiger partial charge in [0.2, 0.25) is 0 Å². The van der Waals surface area contributed by atoms with E-state index in [2.05, 4.69) is 6.07 Å². The van der Waals surface area contributed by atoms with Crippen molar-refractivity contribution in [2.24, 2.45) is 0 Å². The highest BCUT2D eigenvalue weighted by Gasteiger charge is 2.00. The van der Waals surface area contributed by atoms with Gasteiger partial charge in [0.15, 0.2) is 10.7 Å². The zero-order valence-electron chi connectivity index (χ0n) is 8.83. The van der Waals surface area contributed by atoms with Crippen LogP contribution >= 0.6 is 0 Å². The van der Waals surface area contributed by atoms with Crippen molar-refractivity contribution in [2.75, 3.05) is 0 Å². The van der Waals surface area contributed by atoms with Crippen molar-refractivity contribution < 1.29 is 8.42 Å². The Morgan fingerprint density at radius 3 is 2.24 bits per heavy atom. The Morgan fingerprint density at radius 1 is 0.941 bits per heavy atom. The maximum Gasteiger partial charge on any atom is 0.168 e. The fourth-order valence-electron chi connectivity index (χ4n) is 1.54. The van der Waals surface area contributed by atoms with E-state index in [-0.39, 0.29) is 0 Å². The van der Waals surface area contributed by atoms with Gasteiger partial charge in [-0.15, -0.1) is 0 Å². The first kappa shape index (κ1) is 11.4. The topological polar surface area (TPSA) is 57.9 Å². The third kappa shape index (κ3) is 2.52. The van der Waals surface area contributed by atoms with Gasteiger partial charge in [0.05, 0.1) is 16.5 Å². The van der Waals surface area contributed by atoms with E-state index in [0.717, 1.165) is 11.1 Å². The van der Waals surface area contributed by atoms with Crippen molar-refractivity contribution in [3.63, 3.8) is 0 Å². The van der Waals surface area contributed by atoms with Crippen LogP contribution in [0.4, 0.5) is 0 Å². The zero-order chi connectivity index (χ0) is 12.3. The van der Waals surface area contributed by atoms with E-state index in [4.69, 9.17) is 5.26 Å². The van der Waals surface area contributed by atoms with Crippen LogP contribution < -0.4 is 0 Å². The van der Waals surface area contributed by atoms with E-state index >= 15 is 0 Å². The Morgan fingerprint density at radius 2 is 1.65 bits per heavy atom. The zero-order valence-corrected chi connectivity index (χ0v) is 9.72. The van der Waals surface area contributed by atoms with Gasteiger partial charge in [0.25, 0.3) is 0 Å². The van der Waals surface area contributed by atoms with Crippen molar-refractivity contribution >= 4 is 10.7 Å². The second-order valence-electron chi connectivity index (χ2n) is 3.50. The normalized spacial score (nSPS) is 10.1. The summed E-state index contributed by atoms with van der Waals surface area (Å²) < 4.78 is 21.5. The molecule has 0 heterocycles. The third-order valence-corrected chi connectivity index (χ3v) is 3.12. The van der Waals surface area contributed by atoms with E-state index in [1.54, 1.807) is 42.5 Å². The molecule has 0 N–H and O–H groups in total. The average Bonchev–Trinajstić information content (AvgIpc) is 2.39. The van der Waals surface area contributed by atoms with Gasteiger partial charge in [0, 0.05) is 0 Å². The Kier molecular flexibility index (Phi) is 3.22. The summed E-state index contributed by atoms with van der Waals surface area (Å²) in [6.07, 6.45) is 0. The molecule has 0 saturated carbocycles. The predicted octanol–water partition coefficient (Wildman–Crippen LogP) is 2.20. The van der Waals surface area contributed by atoms with E-state index in [1.807, 2.05) is 6.07 Å². The van der Waals surface area contributed by atoms with Gasteiger partial charge in [-0.3, -0.25) is 0 Å². The van der Waals surface area contributed by atoms with Crippen LogP contribution in [0.1, 0.15) is 5.56 Å². The third-order valence-electron chi connectivity index (χ3n) is 2.40. The van der Waals surface area contributed by atoms with Crippen molar-refractivity contribution in [3.8, 4) is 17.2 Å². The van der Waals surface area contributed by atoms with Crippen molar-refractivity contribution in [1.82, 2.24) is 0 Å². The standard InChI is InChI=1S/C13H9NO2S/c14-9-10-2-1-3-12(8-10)11-4-6-13(7-5-11)17(15)16/h1-8,17H. The highest BCUT2D eigenvalue weighted by molar-refractivity contribution is 7.72. The molecule has 0 spiro atoms. The monoisotopic (exact) mass is 243 g/mol. The Hall–Kier alpha value is -2.12. The molecule has 0 saturated heterocycles. The second-order valence-corrected chi connectivity index (χ2v) is 4.53. The van der Waals surface area contributed by atoms with Gasteiger partial charge in [-0.2, -0.15) is 5.26 Å². The summed E-state index contributed by atoms with van der Waals surface area (Å²) in [5.74, 6) is 0. The molecule has 2 rings (SSSR count). The summed E-state index contributed by atoms with van der Waals surface area (Å²) in [6, 6.07) is 15.8. The fraction of sp³-hybridized carbons (Fsp3) is 0. The number of hydrogen-bond acceptors (Lipinski definition) is 3. The van der Waals surface area contributed by atoms with Gasteiger partial charge < -0.3 is 0 Å². The minimum Gasteiger partial charge on any atom is -0.227 e. The Bertz CT molecular complexity index is 644. The molecule has 3 nitrogen and oxygen atoms in total. The summed E-state index contributed by atoms with van der Waals surface area (Å²) in [7, 11) is -2.54. The molecule has 2 aromatic carbocycles. The first-order chi connectivity index (χ1) is 8.20. The van der Waals surface area contributed by atoms with Crippen LogP contribution in [0.15, 0.2) is 53.4 Å². The fourth-order valence-corrected chi connectivity index (χ4v) is 1.94. The average molecular weight is 243 g/mol. The molecule has 0 atom stereocenters. The molecule has 84 valence electrons. The smallest absolute Gasteiger partial charge is 0.168 e. The van der Waals surface area contributed by atoms with Crippen LogP contribution in [0.5, 0.6) is 0 Å². The van der Waals surface area contributed by atoms with Crippen LogP contribution in [-0.4, -0.2) is 8.42 Å². The molecule has 0 amide bonds. The lowest BCUT2D eigenvalue weighted by atomic mass is 10.0. The van der Waals surface area contributed by atoms with Gasteiger partial charge in [-0.25, -0.2) is 8.42 Å². The van der Waals surface area contributed by atoms with Crippen LogP contribution in [0.2, 0.25) is 0 Å². The minimum atomic E-state index is -2.54. The molecule has 0 bridgehead atoms. The van der Waals surface area contributed by atoms with E-state index in [9.17, 15) is 8.42 Å². The summed E-state index contributed by atoms with van der Waals surface area (Å²) in [4.78, 5) is 0.292. The number of benzene rings is 2. The molecule has 2 aromatic rings. The molecular weight excluding hydrogens is 234 g/mol. The van der Waals surface area contributed by atoms with Gasteiger partial charge >= 0.3 is 0 Å². The van der Waals surface area contributed by atoms with E-state index < -0.39 is 10.7 Å². The molecule has 0 fully saturated rings. The maximum absolute atomic E-state index is 10.7. The van der Waals surface area contributed by atoms with E-state index in [0.29, 0.717) is 10.5 Å². The van der Waals surface area contributed by atoms with Crippen molar-refractivity contribution in [2.45, 2.75) is 4.90 Å². The lowest BCUT2D eigenvalue weighted by molar-refractivity contribution is 0.614. The molecule has 0 aliphatic rings. The number of nitriles is 1. The minimum absolute atomic E-state index is 0.292. The molecule has 0 aliphatic heterocycles. The number of hydrogen-bond donors (Lipinski definition) is 1. The van der Waals surface area contributed by atoms with Gasteiger partial charge in [-0.1, -0.05) is 24.3 Å². The molecule has 17 heavy (non-hydrogen) atoms. The number of rotatable bonds is 2. The van der Waals surface area contributed by atoms with Gasteiger partial charge in [-0.05, 0) is 35.4 Å². The number of thiol groups is 1. The highest BCUT2D eigenvalue weighted by Crippen LogP contribution is 2.21. The van der Waals surface area contributed by atoms with E-state index in [1.165, 1.54) is 0 Å². The molecule has 0 unspecified atom stereocenters. The lowest BCUT2D eigenvalue weighted by Crippen LogP contribution is -1.82. The van der Waals surface area contributed by atoms with Crippen molar-refractivity contribution in [3.05, 3.63) is 54.1 Å². The first-order valence-electron chi connectivity index (χ1n) is 4.96. The predicted molar refractivity (Wildman–Crippen MR) is 65.2 cm³/mol. The van der Waals surface area contributed by atoms with Gasteiger partial charge in [0.1, 0.15) is 0 Å². The Labute approximate surface area is 101 Å². The van der Waals surface area contributed by atoms with Crippen molar-refractivity contribution in [1.29, 1.82) is 5.26 Å². The van der Waals surface area contributed by atoms with Crippen LogP contribution in [-0.2, 0) is 10.7 Å². The van der Waals surface area contributed by atoms with Crippen LogP contribution in [0.3, 0.4) is 0 Å². The van der Waals surface area contributed by atoms with Crippen LogP contribution in [0.25, 0.3) is 11.1 Å². The molecular formula is C13H9NO2S. The summed E-state index contributed by atoms with van der Waals surface area (Å²) >= 11 is 0.